The number of ketones is 1. The Hall–Kier alpha value is -1.16. The molecule has 3 atom stereocenters. The molecule has 0 unspecified atom stereocenters. The molecule has 0 aliphatic heterocycles. The first-order valence-corrected chi connectivity index (χ1v) is 6.83. The molecule has 1 aromatic heterocycles. The molecule has 1 fully saturated rings. The van der Waals surface area contributed by atoms with Crippen molar-refractivity contribution in [3.8, 4) is 0 Å². The zero-order valence-electron chi connectivity index (χ0n) is 10.1. The van der Waals surface area contributed by atoms with E-state index >= 15 is 0 Å². The standard InChI is InChI=1S/C13H17NO2S/c1-8-6-10(8)13(16)14-9(2)7-11(15)12-4-3-5-17-12/h3-5,8-10H,6-7H2,1-2H3,(H,14,16)/t8-,9-,10-/m0/s1. The number of carbonyl (C=O) groups excluding carboxylic acids is 2. The molecular formula is C13H17NO2S. The van der Waals surface area contributed by atoms with Crippen molar-refractivity contribution in [3.05, 3.63) is 22.4 Å². The van der Waals surface area contributed by atoms with Gasteiger partial charge in [-0.1, -0.05) is 13.0 Å². The van der Waals surface area contributed by atoms with E-state index in [9.17, 15) is 9.59 Å². The Kier molecular flexibility index (Phi) is 3.62. The topological polar surface area (TPSA) is 46.2 Å². The average Bonchev–Trinajstić information content (AvgIpc) is 2.81. The van der Waals surface area contributed by atoms with Gasteiger partial charge in [-0.05, 0) is 30.7 Å². The Balaban J connectivity index is 1.79. The minimum absolute atomic E-state index is 0.0788. The van der Waals surface area contributed by atoms with Crippen LogP contribution >= 0.6 is 11.3 Å². The van der Waals surface area contributed by atoms with Gasteiger partial charge in [-0.25, -0.2) is 0 Å². The fourth-order valence-corrected chi connectivity index (χ4v) is 2.58. The summed E-state index contributed by atoms with van der Waals surface area (Å²) < 4.78 is 0. The van der Waals surface area contributed by atoms with Gasteiger partial charge in [0, 0.05) is 18.4 Å². The van der Waals surface area contributed by atoms with Gasteiger partial charge < -0.3 is 5.32 Å². The minimum Gasteiger partial charge on any atom is -0.353 e. The fourth-order valence-electron chi connectivity index (χ4n) is 1.90. The van der Waals surface area contributed by atoms with Crippen molar-refractivity contribution in [1.29, 1.82) is 0 Å². The SMILES string of the molecule is C[C@@H](CC(=O)c1cccs1)NC(=O)[C@H]1C[C@@H]1C. The molecule has 0 radical (unpaired) electrons. The number of hydrogen-bond acceptors (Lipinski definition) is 3. The number of nitrogens with one attached hydrogen (secondary N) is 1. The summed E-state index contributed by atoms with van der Waals surface area (Å²) in [6.45, 7) is 3.96. The summed E-state index contributed by atoms with van der Waals surface area (Å²) in [6, 6.07) is 3.61. The van der Waals surface area contributed by atoms with Gasteiger partial charge in [0.25, 0.3) is 0 Å². The fraction of sp³-hybridized carbons (Fsp3) is 0.538. The second-order valence-corrected chi connectivity index (χ2v) is 5.78. The number of rotatable bonds is 5. The molecular weight excluding hydrogens is 234 g/mol. The van der Waals surface area contributed by atoms with Crippen LogP contribution in [0.15, 0.2) is 17.5 Å². The van der Waals surface area contributed by atoms with Gasteiger partial charge >= 0.3 is 0 Å². The minimum atomic E-state index is -0.0788. The zero-order valence-corrected chi connectivity index (χ0v) is 10.9. The summed E-state index contributed by atoms with van der Waals surface area (Å²) in [5.74, 6) is 0.894. The Labute approximate surface area is 105 Å². The Morgan fingerprint density at radius 3 is 2.82 bits per heavy atom. The molecule has 1 saturated carbocycles. The van der Waals surface area contributed by atoms with E-state index in [2.05, 4.69) is 12.2 Å². The molecule has 17 heavy (non-hydrogen) atoms. The van der Waals surface area contributed by atoms with E-state index < -0.39 is 0 Å². The summed E-state index contributed by atoms with van der Waals surface area (Å²) in [7, 11) is 0. The molecule has 1 N–H and O–H groups in total. The van der Waals surface area contributed by atoms with Crippen molar-refractivity contribution < 1.29 is 9.59 Å². The average molecular weight is 251 g/mol. The Bertz CT molecular complexity index is 413. The van der Waals surface area contributed by atoms with Crippen molar-refractivity contribution in [2.45, 2.75) is 32.7 Å². The van der Waals surface area contributed by atoms with E-state index in [0.717, 1.165) is 11.3 Å². The highest BCUT2D eigenvalue weighted by atomic mass is 32.1. The molecule has 1 amide bonds. The van der Waals surface area contributed by atoms with Crippen LogP contribution in [0.1, 0.15) is 36.4 Å². The monoisotopic (exact) mass is 251 g/mol. The lowest BCUT2D eigenvalue weighted by Crippen LogP contribution is -2.35. The second kappa shape index (κ2) is 5.00. The summed E-state index contributed by atoms with van der Waals surface area (Å²) in [5.41, 5.74) is 0. The van der Waals surface area contributed by atoms with E-state index in [0.29, 0.717) is 12.3 Å². The van der Waals surface area contributed by atoms with Gasteiger partial charge in [0.15, 0.2) is 5.78 Å². The molecule has 1 aromatic rings. The quantitative estimate of drug-likeness (QED) is 0.817. The van der Waals surface area contributed by atoms with Crippen LogP contribution in [0.4, 0.5) is 0 Å². The van der Waals surface area contributed by atoms with Crippen molar-refractivity contribution in [2.75, 3.05) is 0 Å². The molecule has 1 aliphatic carbocycles. The lowest BCUT2D eigenvalue weighted by Gasteiger charge is -2.12. The summed E-state index contributed by atoms with van der Waals surface area (Å²) >= 11 is 1.45. The van der Waals surface area contributed by atoms with Crippen LogP contribution in [-0.4, -0.2) is 17.7 Å². The van der Waals surface area contributed by atoms with Gasteiger partial charge in [0.2, 0.25) is 5.91 Å². The second-order valence-electron chi connectivity index (χ2n) is 4.83. The maximum Gasteiger partial charge on any atom is 0.223 e. The van der Waals surface area contributed by atoms with E-state index in [1.165, 1.54) is 11.3 Å². The molecule has 0 spiro atoms. The number of carbonyl (C=O) groups is 2. The predicted molar refractivity (Wildman–Crippen MR) is 68.1 cm³/mol. The summed E-state index contributed by atoms with van der Waals surface area (Å²) in [4.78, 5) is 24.3. The third-order valence-corrected chi connectivity index (χ3v) is 4.03. The van der Waals surface area contributed by atoms with Gasteiger partial charge in [0.05, 0.1) is 4.88 Å². The third kappa shape index (κ3) is 3.16. The highest BCUT2D eigenvalue weighted by molar-refractivity contribution is 7.12. The Morgan fingerprint density at radius 2 is 2.29 bits per heavy atom. The first-order valence-electron chi connectivity index (χ1n) is 5.95. The van der Waals surface area contributed by atoms with Crippen LogP contribution < -0.4 is 5.32 Å². The molecule has 0 aromatic carbocycles. The zero-order chi connectivity index (χ0) is 12.4. The first kappa shape index (κ1) is 12.3. The first-order chi connectivity index (χ1) is 8.08. The Morgan fingerprint density at radius 1 is 1.59 bits per heavy atom. The summed E-state index contributed by atoms with van der Waals surface area (Å²) in [6.07, 6.45) is 1.37. The van der Waals surface area contributed by atoms with Gasteiger partial charge in [-0.3, -0.25) is 9.59 Å². The van der Waals surface area contributed by atoms with Crippen LogP contribution in [0.25, 0.3) is 0 Å². The maximum atomic E-state index is 11.8. The van der Waals surface area contributed by atoms with Crippen molar-refractivity contribution in [2.24, 2.45) is 11.8 Å². The van der Waals surface area contributed by atoms with Crippen molar-refractivity contribution >= 4 is 23.0 Å². The van der Waals surface area contributed by atoms with Crippen LogP contribution in [0.2, 0.25) is 0 Å². The molecule has 4 heteroatoms. The molecule has 1 heterocycles. The molecule has 0 bridgehead atoms. The predicted octanol–water partition coefficient (Wildman–Crippen LogP) is 2.48. The van der Waals surface area contributed by atoms with E-state index in [1.54, 1.807) is 0 Å². The molecule has 92 valence electrons. The largest absolute Gasteiger partial charge is 0.353 e. The van der Waals surface area contributed by atoms with Gasteiger partial charge in [0.1, 0.15) is 0 Å². The van der Waals surface area contributed by atoms with Crippen LogP contribution in [0, 0.1) is 11.8 Å². The lowest BCUT2D eigenvalue weighted by atomic mass is 10.1. The highest BCUT2D eigenvalue weighted by Gasteiger charge is 2.39. The van der Waals surface area contributed by atoms with Crippen molar-refractivity contribution in [3.63, 3.8) is 0 Å². The number of Topliss-reactive ketones (excluding diaryl/α,β-unsaturated/α-hetero) is 1. The number of hydrogen-bond donors (Lipinski definition) is 1. The third-order valence-electron chi connectivity index (χ3n) is 3.12. The van der Waals surface area contributed by atoms with Gasteiger partial charge in [-0.2, -0.15) is 0 Å². The van der Waals surface area contributed by atoms with Crippen LogP contribution in [0.5, 0.6) is 0 Å². The normalized spacial score (nSPS) is 24.1. The van der Waals surface area contributed by atoms with E-state index in [1.807, 2.05) is 24.4 Å². The highest BCUT2D eigenvalue weighted by Crippen LogP contribution is 2.37. The van der Waals surface area contributed by atoms with Crippen LogP contribution in [-0.2, 0) is 4.79 Å². The number of thiophene rings is 1. The smallest absolute Gasteiger partial charge is 0.223 e. The lowest BCUT2D eigenvalue weighted by molar-refractivity contribution is -0.123. The molecule has 0 saturated heterocycles. The van der Waals surface area contributed by atoms with Crippen molar-refractivity contribution in [1.82, 2.24) is 5.32 Å². The summed E-state index contributed by atoms with van der Waals surface area (Å²) in [5, 5.41) is 4.80. The van der Waals surface area contributed by atoms with Crippen LogP contribution in [0.3, 0.4) is 0 Å². The molecule has 2 rings (SSSR count). The van der Waals surface area contributed by atoms with E-state index in [4.69, 9.17) is 0 Å². The van der Waals surface area contributed by atoms with E-state index in [-0.39, 0.29) is 23.7 Å². The molecule has 3 nitrogen and oxygen atoms in total. The maximum absolute atomic E-state index is 11.8. The molecule has 1 aliphatic rings. The number of amides is 1. The van der Waals surface area contributed by atoms with Gasteiger partial charge in [-0.15, -0.1) is 11.3 Å².